The van der Waals surface area contributed by atoms with Crippen molar-refractivity contribution in [1.82, 2.24) is 0 Å². The Labute approximate surface area is 120 Å². The van der Waals surface area contributed by atoms with Gasteiger partial charge in [0.25, 0.3) is 0 Å². The lowest BCUT2D eigenvalue weighted by atomic mass is 10.3. The zero-order valence-electron chi connectivity index (χ0n) is 13.0. The average molecular weight is 293 g/mol. The Bertz CT molecular complexity index is 416. The first-order valence-electron chi connectivity index (χ1n) is 7.17. The van der Waals surface area contributed by atoms with Crippen molar-refractivity contribution in [3.63, 3.8) is 0 Å². The summed E-state index contributed by atoms with van der Waals surface area (Å²) in [5, 5.41) is 10.5. The van der Waals surface area contributed by atoms with Crippen molar-refractivity contribution in [3.05, 3.63) is 41.2 Å². The van der Waals surface area contributed by atoms with Gasteiger partial charge in [0.2, 0.25) is 0 Å². The smallest absolute Gasteiger partial charge is 0.103 e. The van der Waals surface area contributed by atoms with Crippen molar-refractivity contribution in [2.45, 2.75) is 45.6 Å². The number of allylic oxidation sites excluding steroid dienone is 1. The van der Waals surface area contributed by atoms with Crippen LogP contribution in [-0.2, 0) is 0 Å². The molecule has 0 aromatic heterocycles. The quantitative estimate of drug-likeness (QED) is 0.626. The largest absolute Gasteiger partial charge is 0.396 e. The Kier molecular flexibility index (Phi) is 5.77. The van der Waals surface area contributed by atoms with Crippen molar-refractivity contribution in [2.24, 2.45) is 0 Å². The zero-order valence-corrected chi connectivity index (χ0v) is 15.0. The Balaban J connectivity index is 3.13. The molecule has 0 heterocycles. The molecule has 0 spiro atoms. The lowest BCUT2D eigenvalue weighted by Crippen LogP contribution is -2.51. The van der Waals surface area contributed by atoms with Crippen LogP contribution in [0.5, 0.6) is 0 Å². The van der Waals surface area contributed by atoms with Gasteiger partial charge in [-0.1, -0.05) is 79.1 Å². The van der Waals surface area contributed by atoms with Gasteiger partial charge in [-0.3, -0.25) is 0 Å². The van der Waals surface area contributed by atoms with E-state index >= 15 is 0 Å². The van der Waals surface area contributed by atoms with E-state index in [0.29, 0.717) is 6.61 Å². The Morgan fingerprint density at radius 2 is 1.63 bits per heavy atom. The SMILES string of the molecule is C[Si](C)(C)/C(=C/CCCO)[Si](C)(C)c1ccccc1. The number of aliphatic hydroxyl groups excluding tert-OH is 1. The highest BCUT2D eigenvalue weighted by molar-refractivity contribution is 7.10. The summed E-state index contributed by atoms with van der Waals surface area (Å²) in [4.78, 5) is 1.72. The van der Waals surface area contributed by atoms with Crippen molar-refractivity contribution in [3.8, 4) is 0 Å². The molecule has 1 aromatic rings. The van der Waals surface area contributed by atoms with Crippen LogP contribution in [-0.4, -0.2) is 27.9 Å². The maximum atomic E-state index is 9.00. The minimum Gasteiger partial charge on any atom is -0.396 e. The molecule has 0 atom stereocenters. The molecule has 0 aliphatic rings. The van der Waals surface area contributed by atoms with Crippen LogP contribution in [0.4, 0.5) is 0 Å². The molecule has 0 unspecified atom stereocenters. The van der Waals surface area contributed by atoms with Crippen LogP contribution in [0, 0.1) is 0 Å². The van der Waals surface area contributed by atoms with Gasteiger partial charge in [-0.25, -0.2) is 0 Å². The van der Waals surface area contributed by atoms with Crippen molar-refractivity contribution >= 4 is 21.3 Å². The topological polar surface area (TPSA) is 20.2 Å². The minimum atomic E-state index is -1.55. The highest BCUT2D eigenvalue weighted by Crippen LogP contribution is 2.26. The number of hydrogen-bond acceptors (Lipinski definition) is 1. The molecule has 0 saturated heterocycles. The van der Waals surface area contributed by atoms with Crippen LogP contribution in [0.15, 0.2) is 41.2 Å². The highest BCUT2D eigenvalue weighted by atomic mass is 28.4. The summed E-state index contributed by atoms with van der Waals surface area (Å²) in [5.41, 5.74) is 0. The van der Waals surface area contributed by atoms with Crippen LogP contribution in [0.3, 0.4) is 0 Å². The third kappa shape index (κ3) is 4.44. The fraction of sp³-hybridized carbons (Fsp3) is 0.500. The molecule has 0 aliphatic carbocycles. The number of unbranched alkanes of at least 4 members (excludes halogenated alkanes) is 1. The van der Waals surface area contributed by atoms with E-state index in [1.807, 2.05) is 0 Å². The van der Waals surface area contributed by atoms with E-state index in [9.17, 15) is 0 Å². The van der Waals surface area contributed by atoms with Gasteiger partial charge in [0.05, 0.1) is 8.07 Å². The second-order valence-corrected chi connectivity index (χ2v) is 16.6. The fourth-order valence-corrected chi connectivity index (χ4v) is 13.5. The Hall–Kier alpha value is -0.646. The molecule has 0 radical (unpaired) electrons. The van der Waals surface area contributed by atoms with Crippen molar-refractivity contribution in [2.75, 3.05) is 6.61 Å². The summed E-state index contributed by atoms with van der Waals surface area (Å²) in [7, 11) is -2.87. The first-order valence-corrected chi connectivity index (χ1v) is 13.7. The van der Waals surface area contributed by atoms with E-state index in [4.69, 9.17) is 5.11 Å². The van der Waals surface area contributed by atoms with Gasteiger partial charge in [0, 0.05) is 6.61 Å². The third-order valence-corrected chi connectivity index (χ3v) is 13.0. The standard InChI is InChI=1S/C16H28OSi2/c1-18(2,3)16(13-9-10-14-17)19(4,5)15-11-7-6-8-12-15/h6-8,11-13,17H,9-10,14H2,1-5H3/b16-13-. The third-order valence-electron chi connectivity index (χ3n) is 3.69. The van der Waals surface area contributed by atoms with Crippen LogP contribution < -0.4 is 5.19 Å². The zero-order chi connectivity index (χ0) is 14.5. The van der Waals surface area contributed by atoms with Crippen LogP contribution in [0.25, 0.3) is 0 Å². The highest BCUT2D eigenvalue weighted by Gasteiger charge is 2.35. The molecule has 1 nitrogen and oxygen atoms in total. The predicted molar refractivity (Wildman–Crippen MR) is 91.3 cm³/mol. The monoisotopic (exact) mass is 292 g/mol. The van der Waals surface area contributed by atoms with Gasteiger partial charge >= 0.3 is 0 Å². The second kappa shape index (κ2) is 6.68. The van der Waals surface area contributed by atoms with Gasteiger partial charge in [-0.2, -0.15) is 0 Å². The molecular weight excluding hydrogens is 264 g/mol. The molecule has 1 aromatic carbocycles. The van der Waals surface area contributed by atoms with Crippen molar-refractivity contribution in [1.29, 1.82) is 0 Å². The summed E-state index contributed by atoms with van der Waals surface area (Å²) >= 11 is 0. The van der Waals surface area contributed by atoms with E-state index in [1.165, 1.54) is 5.19 Å². The summed E-state index contributed by atoms with van der Waals surface area (Å²) < 4.78 is 0. The molecule has 1 N–H and O–H groups in total. The van der Waals surface area contributed by atoms with Gasteiger partial charge in [0.15, 0.2) is 0 Å². The molecule has 0 aliphatic heterocycles. The molecule has 1 rings (SSSR count). The maximum Gasteiger partial charge on any atom is 0.103 e. The lowest BCUT2D eigenvalue weighted by molar-refractivity contribution is 0.289. The minimum absolute atomic E-state index is 0.294. The first-order chi connectivity index (χ1) is 8.80. The predicted octanol–water partition coefficient (Wildman–Crippen LogP) is 3.72. The molecule has 3 heteroatoms. The van der Waals surface area contributed by atoms with E-state index in [0.717, 1.165) is 12.8 Å². The average Bonchev–Trinajstić information content (AvgIpc) is 2.34. The number of hydrogen-bond donors (Lipinski definition) is 1. The number of aliphatic hydroxyl groups is 1. The summed E-state index contributed by atoms with van der Waals surface area (Å²) in [6.07, 6.45) is 4.34. The van der Waals surface area contributed by atoms with Gasteiger partial charge in [-0.15, -0.1) is 0 Å². The van der Waals surface area contributed by atoms with Gasteiger partial charge in [-0.05, 0) is 12.8 Å². The number of rotatable bonds is 6. The van der Waals surface area contributed by atoms with E-state index in [1.54, 1.807) is 4.82 Å². The number of benzene rings is 1. The maximum absolute atomic E-state index is 9.00. The second-order valence-electron chi connectivity index (χ2n) is 6.72. The first kappa shape index (κ1) is 16.4. The molecule has 0 fully saturated rings. The summed E-state index contributed by atoms with van der Waals surface area (Å²) in [6, 6.07) is 11.0. The van der Waals surface area contributed by atoms with E-state index < -0.39 is 16.1 Å². The molecule has 0 saturated carbocycles. The van der Waals surface area contributed by atoms with Crippen LogP contribution in [0.2, 0.25) is 32.7 Å². The molecule has 19 heavy (non-hydrogen) atoms. The van der Waals surface area contributed by atoms with Crippen LogP contribution in [0.1, 0.15) is 12.8 Å². The molecule has 0 amide bonds. The van der Waals surface area contributed by atoms with Crippen molar-refractivity contribution < 1.29 is 5.11 Å². The van der Waals surface area contributed by atoms with Gasteiger partial charge < -0.3 is 5.11 Å². The normalized spacial score (nSPS) is 13.7. The van der Waals surface area contributed by atoms with Gasteiger partial charge in [0.1, 0.15) is 8.07 Å². The van der Waals surface area contributed by atoms with E-state index in [-0.39, 0.29) is 0 Å². The lowest BCUT2D eigenvalue weighted by Gasteiger charge is -2.35. The summed E-state index contributed by atoms with van der Waals surface area (Å²) in [6.45, 7) is 12.5. The van der Waals surface area contributed by atoms with Crippen LogP contribution >= 0.6 is 0 Å². The summed E-state index contributed by atoms with van der Waals surface area (Å²) in [5.74, 6) is 0. The fourth-order valence-electron chi connectivity index (χ4n) is 2.85. The Morgan fingerprint density at radius 3 is 2.11 bits per heavy atom. The van der Waals surface area contributed by atoms with E-state index in [2.05, 4.69) is 69.1 Å². The Morgan fingerprint density at radius 1 is 1.05 bits per heavy atom. The molecule has 106 valence electrons. The molecular formula is C16H28OSi2. The molecule has 0 bridgehead atoms.